The maximum Gasteiger partial charge on any atom is 0.416 e. The van der Waals surface area contributed by atoms with E-state index in [2.05, 4.69) is 5.32 Å². The van der Waals surface area contributed by atoms with Gasteiger partial charge < -0.3 is 10.1 Å². The van der Waals surface area contributed by atoms with E-state index in [-0.39, 0.29) is 17.3 Å². The van der Waals surface area contributed by atoms with Crippen molar-refractivity contribution < 1.29 is 22.7 Å². The number of aryl methyl sites for hydroxylation is 2. The van der Waals surface area contributed by atoms with Crippen molar-refractivity contribution in [3.63, 3.8) is 0 Å². The first-order valence-corrected chi connectivity index (χ1v) is 7.41. The van der Waals surface area contributed by atoms with Gasteiger partial charge in [-0.25, -0.2) is 0 Å². The van der Waals surface area contributed by atoms with Gasteiger partial charge >= 0.3 is 6.18 Å². The predicted molar refractivity (Wildman–Crippen MR) is 86.5 cm³/mol. The molecule has 0 aliphatic rings. The summed E-state index contributed by atoms with van der Waals surface area (Å²) in [5.41, 5.74) is 1.08. The molecule has 0 unspecified atom stereocenters. The van der Waals surface area contributed by atoms with Crippen LogP contribution in [0.4, 0.5) is 18.9 Å². The number of hydrogen-bond donors (Lipinski definition) is 1. The second kappa shape index (κ2) is 7.13. The molecule has 0 heterocycles. The normalized spacial score (nSPS) is 11.2. The molecular formula is C17H15ClF3NO2. The predicted octanol–water partition coefficient (Wildman–Crippen LogP) is 4.99. The lowest BCUT2D eigenvalue weighted by atomic mass is 10.1. The minimum absolute atomic E-state index is 0.0965. The molecule has 0 aromatic heterocycles. The van der Waals surface area contributed by atoms with Crippen LogP contribution < -0.4 is 10.1 Å². The van der Waals surface area contributed by atoms with E-state index in [0.717, 1.165) is 29.3 Å². The van der Waals surface area contributed by atoms with Crippen LogP contribution in [0, 0.1) is 13.8 Å². The summed E-state index contributed by atoms with van der Waals surface area (Å²) in [4.78, 5) is 11.9. The fourth-order valence-electron chi connectivity index (χ4n) is 1.99. The zero-order valence-electron chi connectivity index (χ0n) is 13.0. The molecule has 2 rings (SSSR count). The Balaban J connectivity index is 2.01. The first-order chi connectivity index (χ1) is 11.2. The SMILES string of the molecule is Cc1ccc(C)c(OCC(=O)Nc2ccc(C(F)(F)F)cc2Cl)c1. The van der Waals surface area contributed by atoms with E-state index in [1.807, 2.05) is 26.0 Å². The third kappa shape index (κ3) is 4.64. The van der Waals surface area contributed by atoms with Crippen molar-refractivity contribution in [1.82, 2.24) is 0 Å². The second-order valence-electron chi connectivity index (χ2n) is 5.30. The first-order valence-electron chi connectivity index (χ1n) is 7.03. The quantitative estimate of drug-likeness (QED) is 0.836. The van der Waals surface area contributed by atoms with Gasteiger partial charge in [-0.1, -0.05) is 23.7 Å². The van der Waals surface area contributed by atoms with Gasteiger partial charge in [0, 0.05) is 0 Å². The molecule has 0 aliphatic heterocycles. The van der Waals surface area contributed by atoms with Crippen molar-refractivity contribution >= 4 is 23.2 Å². The molecule has 3 nitrogen and oxygen atoms in total. The van der Waals surface area contributed by atoms with Gasteiger partial charge in [-0.2, -0.15) is 13.2 Å². The van der Waals surface area contributed by atoms with E-state index in [9.17, 15) is 18.0 Å². The highest BCUT2D eigenvalue weighted by atomic mass is 35.5. The Morgan fingerprint density at radius 3 is 2.50 bits per heavy atom. The smallest absolute Gasteiger partial charge is 0.416 e. The highest BCUT2D eigenvalue weighted by Gasteiger charge is 2.31. The van der Waals surface area contributed by atoms with Gasteiger partial charge in [-0.3, -0.25) is 4.79 Å². The zero-order chi connectivity index (χ0) is 17.9. The van der Waals surface area contributed by atoms with Crippen LogP contribution in [0.3, 0.4) is 0 Å². The summed E-state index contributed by atoms with van der Waals surface area (Å²) < 4.78 is 43.2. The molecule has 1 amide bonds. The lowest BCUT2D eigenvalue weighted by Crippen LogP contribution is -2.20. The molecule has 0 fully saturated rings. The highest BCUT2D eigenvalue weighted by Crippen LogP contribution is 2.33. The number of nitrogens with one attached hydrogen (secondary N) is 1. The largest absolute Gasteiger partial charge is 0.483 e. The Morgan fingerprint density at radius 2 is 1.88 bits per heavy atom. The number of hydrogen-bond acceptors (Lipinski definition) is 2. The fraction of sp³-hybridized carbons (Fsp3) is 0.235. The average molecular weight is 358 g/mol. The van der Waals surface area contributed by atoms with Crippen LogP contribution in [0.5, 0.6) is 5.75 Å². The van der Waals surface area contributed by atoms with Crippen LogP contribution in [0.2, 0.25) is 5.02 Å². The van der Waals surface area contributed by atoms with Crippen LogP contribution >= 0.6 is 11.6 Å². The molecule has 1 N–H and O–H groups in total. The average Bonchev–Trinajstić information content (AvgIpc) is 2.49. The van der Waals surface area contributed by atoms with Crippen LogP contribution in [-0.2, 0) is 11.0 Å². The summed E-state index contributed by atoms with van der Waals surface area (Å²) in [7, 11) is 0. The monoisotopic (exact) mass is 357 g/mol. The van der Waals surface area contributed by atoms with Gasteiger partial charge in [0.25, 0.3) is 5.91 Å². The zero-order valence-corrected chi connectivity index (χ0v) is 13.8. The number of carbonyl (C=O) groups excluding carboxylic acids is 1. The van der Waals surface area contributed by atoms with E-state index in [4.69, 9.17) is 16.3 Å². The molecule has 128 valence electrons. The number of carbonyl (C=O) groups is 1. The molecular weight excluding hydrogens is 343 g/mol. The molecule has 0 saturated heterocycles. The van der Waals surface area contributed by atoms with Crippen molar-refractivity contribution in [1.29, 1.82) is 0 Å². The fourth-order valence-corrected chi connectivity index (χ4v) is 2.21. The number of amides is 1. The Hall–Kier alpha value is -2.21. The Bertz CT molecular complexity index is 760. The van der Waals surface area contributed by atoms with Crippen LogP contribution in [-0.4, -0.2) is 12.5 Å². The van der Waals surface area contributed by atoms with Crippen LogP contribution in [0.1, 0.15) is 16.7 Å². The Morgan fingerprint density at radius 1 is 1.17 bits per heavy atom. The molecule has 2 aromatic carbocycles. The van der Waals surface area contributed by atoms with Gasteiger partial charge in [-0.15, -0.1) is 0 Å². The summed E-state index contributed by atoms with van der Waals surface area (Å²) in [6.07, 6.45) is -4.49. The standard InChI is InChI=1S/C17H15ClF3NO2/c1-10-3-4-11(2)15(7-10)24-9-16(23)22-14-6-5-12(8-13(14)18)17(19,20)21/h3-8H,9H2,1-2H3,(H,22,23). The maximum absolute atomic E-state index is 12.6. The molecule has 7 heteroatoms. The topological polar surface area (TPSA) is 38.3 Å². The minimum Gasteiger partial charge on any atom is -0.483 e. The molecule has 0 aliphatic carbocycles. The van der Waals surface area contributed by atoms with Gasteiger partial charge in [-0.05, 0) is 49.2 Å². The number of halogens is 4. The molecule has 0 spiro atoms. The summed E-state index contributed by atoms with van der Waals surface area (Å²) in [5.74, 6) is 0.0567. The molecule has 0 saturated carbocycles. The lowest BCUT2D eigenvalue weighted by molar-refractivity contribution is -0.137. The van der Waals surface area contributed by atoms with Gasteiger partial charge in [0.05, 0.1) is 16.3 Å². The lowest BCUT2D eigenvalue weighted by Gasteiger charge is -2.12. The molecule has 2 aromatic rings. The second-order valence-corrected chi connectivity index (χ2v) is 5.71. The molecule has 0 atom stereocenters. The van der Waals surface area contributed by atoms with E-state index in [0.29, 0.717) is 5.75 Å². The van der Waals surface area contributed by atoms with Gasteiger partial charge in [0.2, 0.25) is 0 Å². The summed E-state index contributed by atoms with van der Waals surface area (Å²) in [6, 6.07) is 8.32. The number of anilines is 1. The molecule has 0 radical (unpaired) electrons. The van der Waals surface area contributed by atoms with Crippen molar-refractivity contribution in [2.75, 3.05) is 11.9 Å². The van der Waals surface area contributed by atoms with Gasteiger partial charge in [0.15, 0.2) is 6.61 Å². The van der Waals surface area contributed by atoms with Crippen LogP contribution in [0.25, 0.3) is 0 Å². The summed E-state index contributed by atoms with van der Waals surface area (Å²) in [6.45, 7) is 3.47. The highest BCUT2D eigenvalue weighted by molar-refractivity contribution is 6.33. The summed E-state index contributed by atoms with van der Waals surface area (Å²) in [5, 5.41) is 2.24. The van der Waals surface area contributed by atoms with Crippen LogP contribution in [0.15, 0.2) is 36.4 Å². The van der Waals surface area contributed by atoms with E-state index < -0.39 is 17.6 Å². The Labute approximate surface area is 142 Å². The van der Waals surface area contributed by atoms with E-state index in [1.54, 1.807) is 6.07 Å². The Kier molecular flexibility index (Phi) is 5.39. The number of benzene rings is 2. The minimum atomic E-state index is -4.49. The van der Waals surface area contributed by atoms with E-state index in [1.165, 1.54) is 0 Å². The van der Waals surface area contributed by atoms with Crippen molar-refractivity contribution in [3.05, 3.63) is 58.1 Å². The van der Waals surface area contributed by atoms with Crippen molar-refractivity contribution in [2.45, 2.75) is 20.0 Å². The third-order valence-electron chi connectivity index (χ3n) is 3.27. The number of ether oxygens (including phenoxy) is 1. The molecule has 0 bridgehead atoms. The van der Waals surface area contributed by atoms with Gasteiger partial charge in [0.1, 0.15) is 5.75 Å². The number of rotatable bonds is 4. The van der Waals surface area contributed by atoms with E-state index >= 15 is 0 Å². The third-order valence-corrected chi connectivity index (χ3v) is 3.59. The molecule has 24 heavy (non-hydrogen) atoms. The maximum atomic E-state index is 12.6. The first kappa shape index (κ1) is 18.1. The van der Waals surface area contributed by atoms with Crippen molar-refractivity contribution in [3.8, 4) is 5.75 Å². The van der Waals surface area contributed by atoms with Crippen molar-refractivity contribution in [2.24, 2.45) is 0 Å². The summed E-state index contributed by atoms with van der Waals surface area (Å²) >= 11 is 5.79. The number of alkyl halides is 3.